The Labute approximate surface area is 94.1 Å². The first-order valence-corrected chi connectivity index (χ1v) is 6.14. The minimum Gasteiger partial charge on any atom is -0.388 e. The fraction of sp³-hybridized carbons (Fsp3) is 0.727. The molecule has 3 nitrogen and oxygen atoms in total. The third kappa shape index (κ3) is 1.94. The molecule has 84 valence electrons. The summed E-state index contributed by atoms with van der Waals surface area (Å²) >= 11 is 1.58. The van der Waals surface area contributed by atoms with E-state index < -0.39 is 6.10 Å². The monoisotopic (exact) mass is 227 g/mol. The van der Waals surface area contributed by atoms with Crippen molar-refractivity contribution in [2.75, 3.05) is 6.61 Å². The molecule has 4 heteroatoms. The van der Waals surface area contributed by atoms with E-state index in [1.54, 1.807) is 18.3 Å². The van der Waals surface area contributed by atoms with Gasteiger partial charge >= 0.3 is 0 Å². The average Bonchev–Trinajstić information content (AvgIpc) is 2.72. The first kappa shape index (κ1) is 11.0. The second kappa shape index (κ2) is 3.85. The summed E-state index contributed by atoms with van der Waals surface area (Å²) in [6.07, 6.45) is 1.69. The number of hydrogen-bond acceptors (Lipinski definition) is 4. The molecule has 1 aromatic rings. The molecule has 1 saturated heterocycles. The molecule has 2 unspecified atom stereocenters. The highest BCUT2D eigenvalue weighted by Gasteiger charge is 2.35. The van der Waals surface area contributed by atoms with Gasteiger partial charge in [0.1, 0.15) is 10.6 Å². The van der Waals surface area contributed by atoms with Crippen LogP contribution in [0.15, 0.2) is 0 Å². The predicted octanol–water partition coefficient (Wildman–Crippen LogP) is 2.53. The number of aryl methyl sites for hydroxylation is 1. The molecule has 0 bridgehead atoms. The van der Waals surface area contributed by atoms with Crippen molar-refractivity contribution in [3.8, 4) is 0 Å². The van der Waals surface area contributed by atoms with E-state index in [0.717, 1.165) is 35.0 Å². The van der Waals surface area contributed by atoms with Gasteiger partial charge in [-0.25, -0.2) is 4.98 Å². The number of aromatic nitrogens is 1. The fourth-order valence-corrected chi connectivity index (χ4v) is 3.10. The van der Waals surface area contributed by atoms with Gasteiger partial charge in [-0.2, -0.15) is 0 Å². The maximum Gasteiger partial charge on any atom is 0.125 e. The molecule has 1 N–H and O–H groups in total. The second-order valence-electron chi connectivity index (χ2n) is 4.33. The molecule has 0 aliphatic carbocycles. The van der Waals surface area contributed by atoms with Gasteiger partial charge in [0.05, 0.1) is 16.7 Å². The van der Waals surface area contributed by atoms with E-state index in [-0.39, 0.29) is 5.60 Å². The molecular formula is C11H17NO2S. The van der Waals surface area contributed by atoms with Crippen LogP contribution < -0.4 is 0 Å². The third-order valence-corrected chi connectivity index (χ3v) is 4.46. The lowest BCUT2D eigenvalue weighted by Crippen LogP contribution is -2.19. The zero-order chi connectivity index (χ0) is 11.1. The highest BCUT2D eigenvalue weighted by atomic mass is 32.1. The molecule has 0 amide bonds. The molecule has 2 atom stereocenters. The predicted molar refractivity (Wildman–Crippen MR) is 60.0 cm³/mol. The summed E-state index contributed by atoms with van der Waals surface area (Å²) in [7, 11) is 0. The number of aliphatic hydroxyl groups excluding tert-OH is 1. The minimum atomic E-state index is -0.429. The lowest BCUT2D eigenvalue weighted by atomic mass is 10.0. The van der Waals surface area contributed by atoms with Crippen LogP contribution in [0, 0.1) is 6.92 Å². The van der Waals surface area contributed by atoms with Gasteiger partial charge in [0.2, 0.25) is 0 Å². The van der Waals surface area contributed by atoms with E-state index in [0.29, 0.717) is 0 Å². The first-order chi connectivity index (χ1) is 7.03. The topological polar surface area (TPSA) is 42.4 Å². The SMILES string of the molecule is Cc1nc(C2(C)CCCO2)sc1C(C)O. The smallest absolute Gasteiger partial charge is 0.125 e. The highest BCUT2D eigenvalue weighted by molar-refractivity contribution is 7.12. The van der Waals surface area contributed by atoms with Gasteiger partial charge < -0.3 is 9.84 Å². The molecule has 2 heterocycles. The van der Waals surface area contributed by atoms with Crippen molar-refractivity contribution in [1.29, 1.82) is 0 Å². The van der Waals surface area contributed by atoms with E-state index in [1.807, 2.05) is 6.92 Å². The van der Waals surface area contributed by atoms with E-state index in [2.05, 4.69) is 11.9 Å². The van der Waals surface area contributed by atoms with Gasteiger partial charge in [0.15, 0.2) is 0 Å². The van der Waals surface area contributed by atoms with Gasteiger partial charge in [-0.3, -0.25) is 0 Å². The van der Waals surface area contributed by atoms with Crippen molar-refractivity contribution >= 4 is 11.3 Å². The Kier molecular flexibility index (Phi) is 2.83. The zero-order valence-electron chi connectivity index (χ0n) is 9.41. The number of ether oxygens (including phenoxy) is 1. The van der Waals surface area contributed by atoms with E-state index in [9.17, 15) is 5.11 Å². The summed E-state index contributed by atoms with van der Waals surface area (Å²) < 4.78 is 5.74. The molecule has 0 radical (unpaired) electrons. The summed E-state index contributed by atoms with van der Waals surface area (Å²) in [5, 5.41) is 10.6. The van der Waals surface area contributed by atoms with Gasteiger partial charge in [-0.15, -0.1) is 11.3 Å². The Bertz CT molecular complexity index is 353. The number of nitrogens with zero attached hydrogens (tertiary/aromatic N) is 1. The molecular weight excluding hydrogens is 210 g/mol. The van der Waals surface area contributed by atoms with Crippen LogP contribution in [0.5, 0.6) is 0 Å². The number of hydrogen-bond donors (Lipinski definition) is 1. The normalized spacial score (nSPS) is 28.3. The second-order valence-corrected chi connectivity index (χ2v) is 5.36. The lowest BCUT2D eigenvalue weighted by Gasteiger charge is -2.19. The first-order valence-electron chi connectivity index (χ1n) is 5.33. The molecule has 1 aromatic heterocycles. The van der Waals surface area contributed by atoms with E-state index in [1.165, 1.54) is 0 Å². The van der Waals surface area contributed by atoms with Crippen molar-refractivity contribution in [3.63, 3.8) is 0 Å². The van der Waals surface area contributed by atoms with E-state index >= 15 is 0 Å². The van der Waals surface area contributed by atoms with Crippen LogP contribution in [-0.2, 0) is 10.3 Å². The van der Waals surface area contributed by atoms with Crippen LogP contribution in [0.1, 0.15) is 48.4 Å². The molecule has 1 fully saturated rings. The molecule has 2 rings (SSSR count). The molecule has 1 aliphatic heterocycles. The van der Waals surface area contributed by atoms with Crippen molar-refractivity contribution < 1.29 is 9.84 Å². The van der Waals surface area contributed by atoms with Gasteiger partial charge in [-0.1, -0.05) is 0 Å². The van der Waals surface area contributed by atoms with Crippen LogP contribution in [0.2, 0.25) is 0 Å². The summed E-state index contributed by atoms with van der Waals surface area (Å²) in [6.45, 7) is 6.63. The lowest BCUT2D eigenvalue weighted by molar-refractivity contribution is 0.0166. The quantitative estimate of drug-likeness (QED) is 0.844. The fourth-order valence-electron chi connectivity index (χ4n) is 1.97. The van der Waals surface area contributed by atoms with Crippen molar-refractivity contribution in [2.45, 2.75) is 45.3 Å². The van der Waals surface area contributed by atoms with E-state index in [4.69, 9.17) is 4.74 Å². The Morgan fingerprint density at radius 1 is 1.60 bits per heavy atom. The molecule has 1 aliphatic rings. The minimum absolute atomic E-state index is 0.220. The van der Waals surface area contributed by atoms with Crippen molar-refractivity contribution in [3.05, 3.63) is 15.6 Å². The van der Waals surface area contributed by atoms with Crippen LogP contribution in [0.3, 0.4) is 0 Å². The Morgan fingerprint density at radius 2 is 2.33 bits per heavy atom. The molecule has 0 aromatic carbocycles. The maximum absolute atomic E-state index is 9.57. The summed E-state index contributed by atoms with van der Waals surface area (Å²) in [4.78, 5) is 5.48. The average molecular weight is 227 g/mol. The maximum atomic E-state index is 9.57. The third-order valence-electron chi connectivity index (χ3n) is 2.88. The standard InChI is InChI=1S/C11H17NO2S/c1-7-9(8(2)13)15-10(12-7)11(3)5-4-6-14-11/h8,13H,4-6H2,1-3H3. The Hall–Kier alpha value is -0.450. The largest absolute Gasteiger partial charge is 0.388 e. The molecule has 0 saturated carbocycles. The van der Waals surface area contributed by atoms with Gasteiger partial charge in [0, 0.05) is 6.61 Å². The number of aliphatic hydroxyl groups is 1. The summed E-state index contributed by atoms with van der Waals surface area (Å²) in [6, 6.07) is 0. The van der Waals surface area contributed by atoms with Crippen molar-refractivity contribution in [2.24, 2.45) is 0 Å². The Balaban J connectivity index is 2.33. The van der Waals surface area contributed by atoms with Crippen LogP contribution in [-0.4, -0.2) is 16.7 Å². The summed E-state index contributed by atoms with van der Waals surface area (Å²) in [5.74, 6) is 0. The van der Waals surface area contributed by atoms with Gasteiger partial charge in [0.25, 0.3) is 0 Å². The van der Waals surface area contributed by atoms with Gasteiger partial charge in [-0.05, 0) is 33.6 Å². The highest BCUT2D eigenvalue weighted by Crippen LogP contribution is 2.39. The molecule has 0 spiro atoms. The molecule has 15 heavy (non-hydrogen) atoms. The number of rotatable bonds is 2. The van der Waals surface area contributed by atoms with Crippen LogP contribution in [0.25, 0.3) is 0 Å². The van der Waals surface area contributed by atoms with Crippen LogP contribution >= 0.6 is 11.3 Å². The van der Waals surface area contributed by atoms with Crippen LogP contribution in [0.4, 0.5) is 0 Å². The van der Waals surface area contributed by atoms with Crippen molar-refractivity contribution in [1.82, 2.24) is 4.98 Å². The Morgan fingerprint density at radius 3 is 2.80 bits per heavy atom. The summed E-state index contributed by atoms with van der Waals surface area (Å²) in [5.41, 5.74) is 0.712. The zero-order valence-corrected chi connectivity index (χ0v) is 10.2. The number of thiazole rings is 1.